The molecule has 0 saturated carbocycles. The molecule has 0 aliphatic heterocycles. The molecule has 112 valence electrons. The van der Waals surface area contributed by atoms with Crippen molar-refractivity contribution in [3.05, 3.63) is 60.2 Å². The first-order valence-electron chi connectivity index (χ1n) is 7.75. The lowest BCUT2D eigenvalue weighted by atomic mass is 9.99. The van der Waals surface area contributed by atoms with Gasteiger partial charge in [-0.15, -0.1) is 0 Å². The van der Waals surface area contributed by atoms with Gasteiger partial charge < -0.3 is 10.1 Å². The largest absolute Gasteiger partial charge is 0.381 e. The molecule has 0 aromatic heterocycles. The van der Waals surface area contributed by atoms with Gasteiger partial charge in [0, 0.05) is 19.3 Å². The second-order valence-corrected chi connectivity index (χ2v) is 5.23. The molecular weight excluding hydrogens is 258 g/mol. The minimum atomic E-state index is 0.353. The quantitative estimate of drug-likeness (QED) is 0.724. The number of hydrogen-bond acceptors (Lipinski definition) is 2. The van der Waals surface area contributed by atoms with Gasteiger partial charge in [0.25, 0.3) is 0 Å². The highest BCUT2D eigenvalue weighted by atomic mass is 16.5. The lowest BCUT2D eigenvalue weighted by molar-refractivity contribution is 0.125. The fourth-order valence-electron chi connectivity index (χ4n) is 2.46. The summed E-state index contributed by atoms with van der Waals surface area (Å²) in [5.41, 5.74) is 3.84. The molecule has 0 fully saturated rings. The zero-order valence-corrected chi connectivity index (χ0v) is 13.0. The molecule has 0 radical (unpaired) electrons. The molecule has 0 amide bonds. The molecule has 21 heavy (non-hydrogen) atoms. The fraction of sp³-hybridized carbons (Fsp3) is 0.368. The van der Waals surface area contributed by atoms with Crippen LogP contribution in [0.4, 0.5) is 0 Å². The average Bonchev–Trinajstić information content (AvgIpc) is 2.56. The van der Waals surface area contributed by atoms with E-state index in [0.29, 0.717) is 6.04 Å². The lowest BCUT2D eigenvalue weighted by Crippen LogP contribution is -2.18. The molecule has 0 spiro atoms. The van der Waals surface area contributed by atoms with Gasteiger partial charge in [-0.1, -0.05) is 61.5 Å². The minimum Gasteiger partial charge on any atom is -0.381 e. The molecule has 2 aromatic rings. The Morgan fingerprint density at radius 3 is 2.19 bits per heavy atom. The molecule has 0 aliphatic rings. The molecule has 1 unspecified atom stereocenters. The van der Waals surface area contributed by atoms with Gasteiger partial charge in [-0.2, -0.15) is 0 Å². The van der Waals surface area contributed by atoms with E-state index in [2.05, 4.69) is 60.8 Å². The molecule has 2 nitrogen and oxygen atoms in total. The van der Waals surface area contributed by atoms with Crippen LogP contribution in [0.15, 0.2) is 54.6 Å². The van der Waals surface area contributed by atoms with Gasteiger partial charge in [-0.25, -0.2) is 0 Å². The number of hydrogen-bond donors (Lipinski definition) is 1. The van der Waals surface area contributed by atoms with Crippen LogP contribution in [0.1, 0.15) is 31.4 Å². The van der Waals surface area contributed by atoms with Gasteiger partial charge in [0.1, 0.15) is 0 Å². The maximum Gasteiger partial charge on any atom is 0.0484 e. The Hall–Kier alpha value is -1.64. The molecule has 0 bridgehead atoms. The average molecular weight is 283 g/mol. The topological polar surface area (TPSA) is 21.3 Å². The zero-order valence-electron chi connectivity index (χ0n) is 13.0. The Morgan fingerprint density at radius 2 is 1.57 bits per heavy atom. The van der Waals surface area contributed by atoms with Crippen molar-refractivity contribution in [3.8, 4) is 11.1 Å². The van der Waals surface area contributed by atoms with Crippen molar-refractivity contribution in [2.45, 2.75) is 25.8 Å². The lowest BCUT2D eigenvalue weighted by Gasteiger charge is -2.17. The van der Waals surface area contributed by atoms with Crippen molar-refractivity contribution in [3.63, 3.8) is 0 Å². The van der Waals surface area contributed by atoms with Gasteiger partial charge in [0.05, 0.1) is 0 Å². The summed E-state index contributed by atoms with van der Waals surface area (Å²) in [4.78, 5) is 0. The van der Waals surface area contributed by atoms with Crippen molar-refractivity contribution in [1.29, 1.82) is 0 Å². The second-order valence-electron chi connectivity index (χ2n) is 5.23. The fourth-order valence-corrected chi connectivity index (χ4v) is 2.46. The van der Waals surface area contributed by atoms with Gasteiger partial charge in [-0.3, -0.25) is 0 Å². The molecular formula is C19H25NO. The van der Waals surface area contributed by atoms with Gasteiger partial charge in [-0.05, 0) is 36.6 Å². The summed E-state index contributed by atoms with van der Waals surface area (Å²) in [6, 6.07) is 19.6. The second kappa shape index (κ2) is 8.60. The Morgan fingerprint density at radius 1 is 0.905 bits per heavy atom. The van der Waals surface area contributed by atoms with Gasteiger partial charge >= 0.3 is 0 Å². The first-order chi connectivity index (χ1) is 10.3. The van der Waals surface area contributed by atoms with Crippen LogP contribution in [0.2, 0.25) is 0 Å². The van der Waals surface area contributed by atoms with Crippen molar-refractivity contribution in [2.24, 2.45) is 0 Å². The number of ether oxygens (including phenoxy) is 1. The van der Waals surface area contributed by atoms with Crippen LogP contribution in [-0.2, 0) is 4.74 Å². The number of rotatable bonds is 8. The summed E-state index contributed by atoms with van der Waals surface area (Å²) in [7, 11) is 2.01. The van der Waals surface area contributed by atoms with E-state index >= 15 is 0 Å². The maximum atomic E-state index is 5.59. The zero-order chi connectivity index (χ0) is 14.9. The third kappa shape index (κ3) is 4.69. The molecule has 2 aromatic carbocycles. The van der Waals surface area contributed by atoms with E-state index in [1.54, 1.807) is 0 Å². The smallest absolute Gasteiger partial charge is 0.0484 e. The van der Waals surface area contributed by atoms with Crippen LogP contribution in [0.25, 0.3) is 11.1 Å². The predicted octanol–water partition coefficient (Wildman–Crippen LogP) is 4.43. The normalized spacial score (nSPS) is 12.3. The summed E-state index contributed by atoms with van der Waals surface area (Å²) < 4.78 is 5.59. The summed E-state index contributed by atoms with van der Waals surface area (Å²) in [6.45, 7) is 3.79. The third-order valence-corrected chi connectivity index (χ3v) is 3.67. The van der Waals surface area contributed by atoms with Crippen LogP contribution in [0.3, 0.4) is 0 Å². The van der Waals surface area contributed by atoms with Gasteiger partial charge in [0.2, 0.25) is 0 Å². The Labute approximate surface area is 128 Å². The van der Waals surface area contributed by atoms with Crippen molar-refractivity contribution >= 4 is 0 Å². The maximum absolute atomic E-state index is 5.59. The van der Waals surface area contributed by atoms with Crippen LogP contribution in [-0.4, -0.2) is 20.3 Å². The van der Waals surface area contributed by atoms with E-state index in [0.717, 1.165) is 26.1 Å². The van der Waals surface area contributed by atoms with E-state index in [4.69, 9.17) is 4.74 Å². The molecule has 0 heterocycles. The van der Waals surface area contributed by atoms with E-state index in [-0.39, 0.29) is 0 Å². The predicted molar refractivity (Wildman–Crippen MR) is 89.4 cm³/mol. The van der Waals surface area contributed by atoms with E-state index in [1.165, 1.54) is 16.7 Å². The third-order valence-electron chi connectivity index (χ3n) is 3.67. The van der Waals surface area contributed by atoms with Crippen LogP contribution < -0.4 is 5.32 Å². The number of benzene rings is 2. The van der Waals surface area contributed by atoms with Crippen molar-refractivity contribution in [2.75, 3.05) is 20.3 Å². The van der Waals surface area contributed by atoms with Crippen molar-refractivity contribution in [1.82, 2.24) is 5.32 Å². The van der Waals surface area contributed by atoms with Crippen LogP contribution in [0, 0.1) is 0 Å². The van der Waals surface area contributed by atoms with Crippen molar-refractivity contribution < 1.29 is 4.74 Å². The summed E-state index contributed by atoms with van der Waals surface area (Å²) in [5.74, 6) is 0. The SMILES string of the molecule is CCCOCCC(NC)c1ccc(-c2ccccc2)cc1. The highest BCUT2D eigenvalue weighted by Crippen LogP contribution is 2.23. The highest BCUT2D eigenvalue weighted by Gasteiger charge is 2.09. The minimum absolute atomic E-state index is 0.353. The Bertz CT molecular complexity index is 507. The molecule has 1 N–H and O–H groups in total. The standard InChI is InChI=1S/C19H25NO/c1-3-14-21-15-13-19(20-2)18-11-9-17(10-12-18)16-7-5-4-6-8-16/h4-12,19-20H,3,13-15H2,1-2H3. The summed E-state index contributed by atoms with van der Waals surface area (Å²) >= 11 is 0. The monoisotopic (exact) mass is 283 g/mol. The molecule has 1 atom stereocenters. The molecule has 2 rings (SSSR count). The van der Waals surface area contributed by atoms with E-state index < -0.39 is 0 Å². The van der Waals surface area contributed by atoms with Crippen LogP contribution in [0.5, 0.6) is 0 Å². The molecule has 0 aliphatic carbocycles. The number of nitrogens with one attached hydrogen (secondary N) is 1. The van der Waals surface area contributed by atoms with Crippen LogP contribution >= 0.6 is 0 Å². The molecule has 0 saturated heterocycles. The van der Waals surface area contributed by atoms with E-state index in [9.17, 15) is 0 Å². The highest BCUT2D eigenvalue weighted by molar-refractivity contribution is 5.63. The Kier molecular flexibility index (Phi) is 6.45. The summed E-state index contributed by atoms with van der Waals surface area (Å²) in [6.07, 6.45) is 2.08. The Balaban J connectivity index is 1.99. The first-order valence-corrected chi connectivity index (χ1v) is 7.75. The molecule has 2 heteroatoms. The van der Waals surface area contributed by atoms with E-state index in [1.807, 2.05) is 13.1 Å². The first kappa shape index (κ1) is 15.7. The summed E-state index contributed by atoms with van der Waals surface area (Å²) in [5, 5.41) is 3.37. The van der Waals surface area contributed by atoms with Gasteiger partial charge in [0.15, 0.2) is 0 Å².